The molecule has 0 saturated heterocycles. The molecule has 2 aromatic heterocycles. The quantitative estimate of drug-likeness (QED) is 0.735. The van der Waals surface area contributed by atoms with Gasteiger partial charge in [-0.2, -0.15) is 0 Å². The van der Waals surface area contributed by atoms with Crippen LogP contribution in [0.25, 0.3) is 17.1 Å². The number of hydrogen-bond acceptors (Lipinski definition) is 3. The Hall–Kier alpha value is -2.40. The van der Waals surface area contributed by atoms with E-state index in [1.807, 2.05) is 54.8 Å². The Bertz CT molecular complexity index is 803. The number of nitrogens with zero attached hydrogens (tertiary/aromatic N) is 2. The van der Waals surface area contributed by atoms with Crippen LogP contribution in [0.4, 0.5) is 0 Å². The summed E-state index contributed by atoms with van der Waals surface area (Å²) in [6.07, 6.45) is 3.41. The zero-order chi connectivity index (χ0) is 15.4. The molecule has 2 heterocycles. The Morgan fingerprint density at radius 2 is 2.18 bits per heavy atom. The lowest BCUT2D eigenvalue weighted by molar-refractivity contribution is -0.116. The van der Waals surface area contributed by atoms with Crippen LogP contribution in [0.2, 0.25) is 0 Å². The maximum Gasteiger partial charge on any atom is 0.244 e. The molecule has 5 heteroatoms. The number of thiophene rings is 1. The molecule has 0 unspecified atom stereocenters. The first-order chi connectivity index (χ1) is 10.7. The highest BCUT2D eigenvalue weighted by Gasteiger charge is 2.06. The summed E-state index contributed by atoms with van der Waals surface area (Å²) in [6.45, 7) is 3.28. The van der Waals surface area contributed by atoms with Gasteiger partial charge in [0.25, 0.3) is 0 Å². The van der Waals surface area contributed by atoms with Gasteiger partial charge in [-0.25, -0.2) is 4.98 Å². The SMILES string of the molecule is Cc1nc2ccccc2n1CCNC(=O)/C=C/c1cccs1. The van der Waals surface area contributed by atoms with Crippen molar-refractivity contribution in [3.63, 3.8) is 0 Å². The summed E-state index contributed by atoms with van der Waals surface area (Å²) in [5.41, 5.74) is 2.09. The fraction of sp³-hybridized carbons (Fsp3) is 0.176. The molecule has 3 aromatic rings. The Kier molecular flexibility index (Phi) is 4.34. The first-order valence-electron chi connectivity index (χ1n) is 7.15. The highest BCUT2D eigenvalue weighted by atomic mass is 32.1. The van der Waals surface area contributed by atoms with E-state index in [1.165, 1.54) is 0 Å². The largest absolute Gasteiger partial charge is 0.351 e. The molecule has 0 fully saturated rings. The molecule has 0 saturated carbocycles. The molecule has 1 aromatic carbocycles. The monoisotopic (exact) mass is 311 g/mol. The number of nitrogens with one attached hydrogen (secondary N) is 1. The number of hydrogen-bond donors (Lipinski definition) is 1. The van der Waals surface area contributed by atoms with Crippen LogP contribution < -0.4 is 5.32 Å². The number of fused-ring (bicyclic) bond motifs is 1. The summed E-state index contributed by atoms with van der Waals surface area (Å²) < 4.78 is 2.12. The van der Waals surface area contributed by atoms with Crippen molar-refractivity contribution >= 4 is 34.4 Å². The highest BCUT2D eigenvalue weighted by molar-refractivity contribution is 7.10. The molecule has 22 heavy (non-hydrogen) atoms. The van der Waals surface area contributed by atoms with Crippen LogP contribution in [-0.2, 0) is 11.3 Å². The van der Waals surface area contributed by atoms with E-state index < -0.39 is 0 Å². The second kappa shape index (κ2) is 6.58. The van der Waals surface area contributed by atoms with Crippen LogP contribution >= 0.6 is 11.3 Å². The van der Waals surface area contributed by atoms with Crippen LogP contribution in [0.15, 0.2) is 47.9 Å². The van der Waals surface area contributed by atoms with Crippen molar-refractivity contribution in [3.8, 4) is 0 Å². The van der Waals surface area contributed by atoms with Gasteiger partial charge in [0, 0.05) is 24.0 Å². The molecule has 0 spiro atoms. The minimum absolute atomic E-state index is 0.0736. The smallest absolute Gasteiger partial charge is 0.244 e. The summed E-state index contributed by atoms with van der Waals surface area (Å²) in [5.74, 6) is 0.889. The topological polar surface area (TPSA) is 46.9 Å². The minimum atomic E-state index is -0.0736. The average Bonchev–Trinajstić information content (AvgIpc) is 3.13. The molecule has 0 bridgehead atoms. The highest BCUT2D eigenvalue weighted by Crippen LogP contribution is 2.14. The van der Waals surface area contributed by atoms with Crippen molar-refractivity contribution in [2.75, 3.05) is 6.54 Å². The summed E-state index contributed by atoms with van der Waals surface area (Å²) in [7, 11) is 0. The van der Waals surface area contributed by atoms with Crippen molar-refractivity contribution in [1.29, 1.82) is 0 Å². The summed E-state index contributed by atoms with van der Waals surface area (Å²) in [5, 5.41) is 4.90. The van der Waals surface area contributed by atoms with E-state index >= 15 is 0 Å². The Morgan fingerprint density at radius 1 is 1.32 bits per heavy atom. The van der Waals surface area contributed by atoms with E-state index in [-0.39, 0.29) is 5.91 Å². The first kappa shape index (κ1) is 14.5. The van der Waals surface area contributed by atoms with Crippen LogP contribution in [0.5, 0.6) is 0 Å². The summed E-state index contributed by atoms with van der Waals surface area (Å²) in [4.78, 5) is 17.4. The standard InChI is InChI=1S/C17H17N3OS/c1-13-19-15-6-2-3-7-16(15)20(13)11-10-18-17(21)9-8-14-5-4-12-22-14/h2-9,12H,10-11H2,1H3,(H,18,21)/b9-8+. The maximum absolute atomic E-state index is 11.8. The van der Waals surface area contributed by atoms with Crippen molar-refractivity contribution in [2.45, 2.75) is 13.5 Å². The number of aromatic nitrogens is 2. The molecule has 1 N–H and O–H groups in total. The van der Waals surface area contributed by atoms with E-state index in [4.69, 9.17) is 0 Å². The van der Waals surface area contributed by atoms with Gasteiger partial charge < -0.3 is 9.88 Å². The normalized spacial score (nSPS) is 11.3. The van der Waals surface area contributed by atoms with E-state index in [1.54, 1.807) is 17.4 Å². The van der Waals surface area contributed by atoms with E-state index in [2.05, 4.69) is 14.9 Å². The molecular weight excluding hydrogens is 294 g/mol. The van der Waals surface area contributed by atoms with Crippen LogP contribution in [0, 0.1) is 6.92 Å². The van der Waals surface area contributed by atoms with Gasteiger partial charge in [-0.3, -0.25) is 4.79 Å². The Balaban J connectivity index is 1.58. The minimum Gasteiger partial charge on any atom is -0.351 e. The van der Waals surface area contributed by atoms with Crippen molar-refractivity contribution < 1.29 is 4.79 Å². The zero-order valence-electron chi connectivity index (χ0n) is 12.3. The lowest BCUT2D eigenvalue weighted by atomic mass is 10.3. The third-order valence-electron chi connectivity index (χ3n) is 3.42. The van der Waals surface area contributed by atoms with E-state index in [9.17, 15) is 4.79 Å². The molecule has 0 radical (unpaired) electrons. The van der Waals surface area contributed by atoms with Gasteiger partial charge in [0.1, 0.15) is 5.82 Å². The molecule has 3 rings (SSSR count). The van der Waals surface area contributed by atoms with Gasteiger partial charge in [0.2, 0.25) is 5.91 Å². The molecule has 4 nitrogen and oxygen atoms in total. The number of rotatable bonds is 5. The molecule has 0 atom stereocenters. The molecule has 1 amide bonds. The van der Waals surface area contributed by atoms with Crippen LogP contribution in [0.3, 0.4) is 0 Å². The van der Waals surface area contributed by atoms with Gasteiger partial charge in [-0.05, 0) is 36.6 Å². The number of carbonyl (C=O) groups is 1. The third-order valence-corrected chi connectivity index (χ3v) is 4.26. The molecule has 0 aliphatic rings. The number of para-hydroxylation sites is 2. The summed E-state index contributed by atoms with van der Waals surface area (Å²) in [6, 6.07) is 12.0. The van der Waals surface area contributed by atoms with Crippen molar-refractivity contribution in [3.05, 3.63) is 58.6 Å². The Morgan fingerprint density at radius 3 is 3.00 bits per heavy atom. The lowest BCUT2D eigenvalue weighted by Crippen LogP contribution is -2.25. The van der Waals surface area contributed by atoms with E-state index in [0.29, 0.717) is 13.1 Å². The predicted octanol–water partition coefficient (Wildman–Crippen LogP) is 3.24. The molecule has 112 valence electrons. The second-order valence-corrected chi connectivity index (χ2v) is 5.92. The number of amides is 1. The molecule has 0 aliphatic carbocycles. The summed E-state index contributed by atoms with van der Waals surface area (Å²) >= 11 is 1.61. The maximum atomic E-state index is 11.8. The lowest BCUT2D eigenvalue weighted by Gasteiger charge is -2.07. The van der Waals surface area contributed by atoms with E-state index in [0.717, 1.165) is 21.7 Å². The van der Waals surface area contributed by atoms with Crippen LogP contribution in [-0.4, -0.2) is 22.0 Å². The van der Waals surface area contributed by atoms with Gasteiger partial charge >= 0.3 is 0 Å². The zero-order valence-corrected chi connectivity index (χ0v) is 13.1. The molecule has 0 aliphatic heterocycles. The predicted molar refractivity (Wildman–Crippen MR) is 90.8 cm³/mol. The third kappa shape index (κ3) is 3.26. The van der Waals surface area contributed by atoms with Crippen molar-refractivity contribution in [1.82, 2.24) is 14.9 Å². The fourth-order valence-electron chi connectivity index (χ4n) is 2.37. The van der Waals surface area contributed by atoms with Gasteiger partial charge in [-0.1, -0.05) is 18.2 Å². The number of benzene rings is 1. The van der Waals surface area contributed by atoms with Gasteiger partial charge in [0.15, 0.2) is 0 Å². The number of imidazole rings is 1. The second-order valence-electron chi connectivity index (χ2n) is 4.94. The average molecular weight is 311 g/mol. The Labute approximate surface area is 133 Å². The van der Waals surface area contributed by atoms with Gasteiger partial charge in [0.05, 0.1) is 11.0 Å². The van der Waals surface area contributed by atoms with Gasteiger partial charge in [-0.15, -0.1) is 11.3 Å². The van der Waals surface area contributed by atoms with Crippen LogP contribution in [0.1, 0.15) is 10.7 Å². The number of aryl methyl sites for hydroxylation is 1. The fourth-order valence-corrected chi connectivity index (χ4v) is 2.99. The molecular formula is C17H17N3OS. The van der Waals surface area contributed by atoms with Crippen molar-refractivity contribution in [2.24, 2.45) is 0 Å². The number of carbonyl (C=O) groups excluding carboxylic acids is 1. The first-order valence-corrected chi connectivity index (χ1v) is 8.03.